The fourth-order valence-electron chi connectivity index (χ4n) is 3.79. The number of para-hydroxylation sites is 1. The summed E-state index contributed by atoms with van der Waals surface area (Å²) in [6, 6.07) is 22.9. The van der Waals surface area contributed by atoms with Gasteiger partial charge in [0, 0.05) is 36.1 Å². The monoisotopic (exact) mass is 465 g/mol. The number of benzene rings is 3. The number of amides is 1. The molecule has 3 aromatic carbocycles. The van der Waals surface area contributed by atoms with E-state index in [0.717, 1.165) is 12.1 Å². The molecule has 2 N–H and O–H groups in total. The fraction of sp³-hybridized carbons (Fsp3) is 0.240. The van der Waals surface area contributed by atoms with Gasteiger partial charge in [-0.15, -0.1) is 0 Å². The zero-order valence-electron chi connectivity index (χ0n) is 18.4. The second-order valence-corrected chi connectivity index (χ2v) is 9.52. The van der Waals surface area contributed by atoms with E-state index < -0.39 is 10.0 Å². The summed E-state index contributed by atoms with van der Waals surface area (Å²) < 4.78 is 33.4. The Kier molecular flexibility index (Phi) is 6.84. The van der Waals surface area contributed by atoms with Crippen LogP contribution in [0.3, 0.4) is 0 Å². The van der Waals surface area contributed by atoms with Crippen LogP contribution in [-0.2, 0) is 10.0 Å². The van der Waals surface area contributed by atoms with Crippen LogP contribution in [0.2, 0.25) is 0 Å². The molecule has 0 saturated carbocycles. The van der Waals surface area contributed by atoms with E-state index in [1.54, 1.807) is 41.3 Å². The number of anilines is 2. The topological polar surface area (TPSA) is 87.7 Å². The van der Waals surface area contributed by atoms with Crippen LogP contribution >= 0.6 is 0 Å². The first-order chi connectivity index (χ1) is 15.9. The molecule has 1 amide bonds. The Balaban J connectivity index is 1.37. The number of carbonyl (C=O) groups is 1. The van der Waals surface area contributed by atoms with Crippen LogP contribution in [0.1, 0.15) is 23.7 Å². The van der Waals surface area contributed by atoms with Crippen molar-refractivity contribution in [2.75, 3.05) is 29.7 Å². The number of nitrogens with one attached hydrogen (secondary N) is 2. The molecule has 7 nitrogen and oxygen atoms in total. The van der Waals surface area contributed by atoms with Gasteiger partial charge in [-0.05, 0) is 74.0 Å². The van der Waals surface area contributed by atoms with Gasteiger partial charge >= 0.3 is 0 Å². The Hall–Kier alpha value is -3.52. The molecule has 1 heterocycles. The third-order valence-electron chi connectivity index (χ3n) is 5.45. The predicted molar refractivity (Wildman–Crippen MR) is 129 cm³/mol. The maximum Gasteiger partial charge on any atom is 0.261 e. The zero-order chi connectivity index (χ0) is 23.3. The van der Waals surface area contributed by atoms with Crippen molar-refractivity contribution in [3.63, 3.8) is 0 Å². The van der Waals surface area contributed by atoms with E-state index >= 15 is 0 Å². The van der Waals surface area contributed by atoms with E-state index in [2.05, 4.69) is 10.0 Å². The number of carbonyl (C=O) groups excluding carboxylic acids is 1. The van der Waals surface area contributed by atoms with E-state index in [1.165, 1.54) is 12.1 Å². The van der Waals surface area contributed by atoms with Gasteiger partial charge in [0.25, 0.3) is 15.9 Å². The van der Waals surface area contributed by atoms with Crippen molar-refractivity contribution in [1.29, 1.82) is 0 Å². The molecule has 3 aromatic rings. The SMILES string of the molecule is CCOc1ccc(NS(=O)(=O)c2ccc(C(=O)N3CCC(Nc4ccccc4)C3)cc2)cc1. The molecule has 1 saturated heterocycles. The lowest BCUT2D eigenvalue weighted by atomic mass is 10.2. The molecule has 0 aliphatic carbocycles. The number of likely N-dealkylation sites (tertiary alicyclic amines) is 1. The Labute approximate surface area is 194 Å². The van der Waals surface area contributed by atoms with Gasteiger partial charge in [0.2, 0.25) is 0 Å². The van der Waals surface area contributed by atoms with E-state index in [-0.39, 0.29) is 16.8 Å². The number of hydrogen-bond acceptors (Lipinski definition) is 5. The van der Waals surface area contributed by atoms with Crippen molar-refractivity contribution in [1.82, 2.24) is 4.90 Å². The van der Waals surface area contributed by atoms with Gasteiger partial charge in [-0.25, -0.2) is 8.42 Å². The Morgan fingerprint density at radius 2 is 1.67 bits per heavy atom. The molecule has 1 atom stereocenters. The minimum atomic E-state index is -3.77. The first kappa shape index (κ1) is 22.7. The average Bonchev–Trinajstić information content (AvgIpc) is 3.29. The third-order valence-corrected chi connectivity index (χ3v) is 6.85. The highest BCUT2D eigenvalue weighted by Crippen LogP contribution is 2.22. The van der Waals surface area contributed by atoms with E-state index in [1.807, 2.05) is 37.3 Å². The highest BCUT2D eigenvalue weighted by Gasteiger charge is 2.27. The van der Waals surface area contributed by atoms with E-state index in [0.29, 0.717) is 36.7 Å². The van der Waals surface area contributed by atoms with Gasteiger partial charge in [-0.3, -0.25) is 9.52 Å². The molecule has 1 aliphatic rings. The van der Waals surface area contributed by atoms with Crippen LogP contribution in [0, 0.1) is 0 Å². The Morgan fingerprint density at radius 1 is 0.970 bits per heavy atom. The van der Waals surface area contributed by atoms with Crippen LogP contribution < -0.4 is 14.8 Å². The molecule has 0 radical (unpaired) electrons. The third kappa shape index (κ3) is 5.64. The van der Waals surface area contributed by atoms with Gasteiger partial charge in [0.15, 0.2) is 0 Å². The maximum atomic E-state index is 12.9. The highest BCUT2D eigenvalue weighted by atomic mass is 32.2. The highest BCUT2D eigenvalue weighted by molar-refractivity contribution is 7.92. The summed E-state index contributed by atoms with van der Waals surface area (Å²) in [5.74, 6) is 0.571. The van der Waals surface area contributed by atoms with Crippen molar-refractivity contribution in [2.45, 2.75) is 24.3 Å². The van der Waals surface area contributed by atoms with Crippen molar-refractivity contribution in [2.24, 2.45) is 0 Å². The molecular weight excluding hydrogens is 438 g/mol. The first-order valence-corrected chi connectivity index (χ1v) is 12.4. The summed E-state index contributed by atoms with van der Waals surface area (Å²) in [5, 5.41) is 3.45. The number of rotatable bonds is 8. The van der Waals surface area contributed by atoms with Crippen molar-refractivity contribution < 1.29 is 17.9 Å². The normalized spacial score (nSPS) is 15.8. The average molecular weight is 466 g/mol. The van der Waals surface area contributed by atoms with Crippen LogP contribution in [0.15, 0.2) is 83.8 Å². The van der Waals surface area contributed by atoms with E-state index in [9.17, 15) is 13.2 Å². The van der Waals surface area contributed by atoms with Crippen LogP contribution in [0.4, 0.5) is 11.4 Å². The molecule has 1 fully saturated rings. The molecular formula is C25H27N3O4S. The number of ether oxygens (including phenoxy) is 1. The summed E-state index contributed by atoms with van der Waals surface area (Å²) in [4.78, 5) is 14.8. The van der Waals surface area contributed by atoms with Gasteiger partial charge in [-0.1, -0.05) is 18.2 Å². The minimum absolute atomic E-state index is 0.0953. The lowest BCUT2D eigenvalue weighted by Crippen LogP contribution is -2.31. The summed E-state index contributed by atoms with van der Waals surface area (Å²) in [5.41, 5.74) is 1.94. The van der Waals surface area contributed by atoms with Crippen LogP contribution in [0.5, 0.6) is 5.75 Å². The molecule has 0 spiro atoms. The number of hydrogen-bond donors (Lipinski definition) is 2. The zero-order valence-corrected chi connectivity index (χ0v) is 19.2. The predicted octanol–water partition coefficient (Wildman–Crippen LogP) is 4.21. The molecule has 172 valence electrons. The molecule has 33 heavy (non-hydrogen) atoms. The second kappa shape index (κ2) is 9.95. The van der Waals surface area contributed by atoms with Gasteiger partial charge in [0.05, 0.1) is 11.5 Å². The van der Waals surface area contributed by atoms with Crippen molar-refractivity contribution in [3.05, 3.63) is 84.4 Å². The standard InChI is InChI=1S/C25H27N3O4S/c1-2-32-23-12-10-21(11-13-23)27-33(30,31)24-14-8-19(9-15-24)25(29)28-17-16-22(18-28)26-20-6-4-3-5-7-20/h3-15,22,26-27H,2,16-18H2,1H3. The molecule has 1 unspecified atom stereocenters. The maximum absolute atomic E-state index is 12.9. The van der Waals surface area contributed by atoms with Crippen LogP contribution in [-0.4, -0.2) is 45.0 Å². The Morgan fingerprint density at radius 3 is 2.33 bits per heavy atom. The molecule has 4 rings (SSSR count). The first-order valence-electron chi connectivity index (χ1n) is 10.9. The summed E-state index contributed by atoms with van der Waals surface area (Å²) >= 11 is 0. The fourth-order valence-corrected chi connectivity index (χ4v) is 4.85. The molecule has 8 heteroatoms. The smallest absolute Gasteiger partial charge is 0.261 e. The van der Waals surface area contributed by atoms with Crippen LogP contribution in [0.25, 0.3) is 0 Å². The lowest BCUT2D eigenvalue weighted by molar-refractivity contribution is 0.0791. The quantitative estimate of drug-likeness (QED) is 0.520. The second-order valence-electron chi connectivity index (χ2n) is 7.83. The molecule has 0 aromatic heterocycles. The number of sulfonamides is 1. The molecule has 0 bridgehead atoms. The number of nitrogens with zero attached hydrogens (tertiary/aromatic N) is 1. The Bertz CT molecular complexity index is 1180. The van der Waals surface area contributed by atoms with Gasteiger partial charge in [-0.2, -0.15) is 0 Å². The van der Waals surface area contributed by atoms with Gasteiger partial charge in [0.1, 0.15) is 5.75 Å². The summed E-state index contributed by atoms with van der Waals surface area (Å²) in [7, 11) is -3.77. The summed E-state index contributed by atoms with van der Waals surface area (Å²) in [6.45, 7) is 3.68. The minimum Gasteiger partial charge on any atom is -0.494 e. The lowest BCUT2D eigenvalue weighted by Gasteiger charge is -2.18. The largest absolute Gasteiger partial charge is 0.494 e. The van der Waals surface area contributed by atoms with Crippen molar-refractivity contribution >= 4 is 27.3 Å². The van der Waals surface area contributed by atoms with E-state index in [4.69, 9.17) is 4.74 Å². The van der Waals surface area contributed by atoms with Crippen molar-refractivity contribution in [3.8, 4) is 5.75 Å². The summed E-state index contributed by atoms with van der Waals surface area (Å²) in [6.07, 6.45) is 0.860. The van der Waals surface area contributed by atoms with Gasteiger partial charge < -0.3 is 15.0 Å². The molecule has 1 aliphatic heterocycles.